The summed E-state index contributed by atoms with van der Waals surface area (Å²) in [4.78, 5) is 119. The van der Waals surface area contributed by atoms with Crippen LogP contribution >= 0.6 is 0 Å². The first kappa shape index (κ1) is 52.7. The lowest BCUT2D eigenvalue weighted by atomic mass is 9.88. The van der Waals surface area contributed by atoms with Crippen molar-refractivity contribution >= 4 is 73.8 Å². The number of Topliss-reactive ketones (excluding diaryl/α,β-unsaturated/α-hetero) is 4. The molecule has 20 heteroatoms. The zero-order valence-corrected chi connectivity index (χ0v) is 37.6. The fraction of sp³-hybridized carbons (Fsp3) is 0.383. The Balaban J connectivity index is 1.55. The molecule has 2 amide bonds. The van der Waals surface area contributed by atoms with Gasteiger partial charge in [-0.2, -0.15) is 0 Å². The number of carbonyl (C=O) groups is 9. The third kappa shape index (κ3) is 16.8. The molecule has 0 saturated heterocycles. The van der Waals surface area contributed by atoms with Crippen molar-refractivity contribution in [3.05, 3.63) is 102 Å². The third-order valence-corrected chi connectivity index (χ3v) is 12.6. The van der Waals surface area contributed by atoms with Gasteiger partial charge in [0.15, 0.2) is 17.3 Å². The van der Waals surface area contributed by atoms with E-state index in [1.54, 1.807) is 37.4 Å². The molecule has 358 valence electrons. The maximum atomic E-state index is 14.4. The Labute approximate surface area is 385 Å². The Bertz CT molecular complexity index is 2590. The van der Waals surface area contributed by atoms with Gasteiger partial charge in [0.1, 0.15) is 11.6 Å². The van der Waals surface area contributed by atoms with E-state index in [1.807, 2.05) is 0 Å². The molecule has 67 heavy (non-hydrogen) atoms. The Morgan fingerprint density at radius 1 is 0.687 bits per heavy atom. The van der Waals surface area contributed by atoms with Gasteiger partial charge in [-0.15, -0.1) is 0 Å². The molecule has 0 fully saturated rings. The second kappa shape index (κ2) is 24.6. The number of nitrogens with one attached hydrogen (secondary N) is 4. The summed E-state index contributed by atoms with van der Waals surface area (Å²) in [7, 11) is -4.44. The number of fused-ring (bicyclic) bond motifs is 1. The summed E-state index contributed by atoms with van der Waals surface area (Å²) in [5.74, 6) is -13.1. The minimum Gasteiger partial charge on any atom is -0.481 e. The first-order chi connectivity index (χ1) is 31.6. The van der Waals surface area contributed by atoms with E-state index in [0.717, 1.165) is 22.5 Å². The van der Waals surface area contributed by atoms with Crippen LogP contribution in [0.25, 0.3) is 10.9 Å². The highest BCUT2D eigenvalue weighted by Crippen LogP contribution is 2.24. The minimum absolute atomic E-state index is 0.0774. The van der Waals surface area contributed by atoms with Crippen molar-refractivity contribution in [1.82, 2.24) is 20.3 Å². The fourth-order valence-corrected chi connectivity index (χ4v) is 8.67. The number of aryl methyl sites for hydroxylation is 1. The van der Waals surface area contributed by atoms with E-state index < -0.39 is 144 Å². The van der Waals surface area contributed by atoms with E-state index in [0.29, 0.717) is 11.1 Å². The van der Waals surface area contributed by atoms with Crippen LogP contribution in [-0.4, -0.2) is 100 Å². The van der Waals surface area contributed by atoms with Crippen molar-refractivity contribution < 1.29 is 71.3 Å². The van der Waals surface area contributed by atoms with Gasteiger partial charge in [0.2, 0.25) is 21.8 Å². The number of benzene rings is 3. The van der Waals surface area contributed by atoms with Gasteiger partial charge >= 0.3 is 17.9 Å². The van der Waals surface area contributed by atoms with Crippen LogP contribution in [0.5, 0.6) is 0 Å². The smallest absolute Gasteiger partial charge is 0.305 e. The van der Waals surface area contributed by atoms with Crippen LogP contribution in [0.3, 0.4) is 0 Å². The second-order valence-corrected chi connectivity index (χ2v) is 18.1. The second-order valence-electron chi connectivity index (χ2n) is 16.4. The van der Waals surface area contributed by atoms with Gasteiger partial charge in [-0.1, -0.05) is 48.0 Å². The van der Waals surface area contributed by atoms with Crippen LogP contribution in [0.15, 0.2) is 83.9 Å². The van der Waals surface area contributed by atoms with E-state index in [4.69, 9.17) is 0 Å². The number of carboxylic acid groups (broad SMARTS) is 3. The monoisotopic (exact) mass is 948 g/mol. The number of halogens is 1. The number of aromatic nitrogens is 1. The number of para-hydroxylation sites is 1. The highest BCUT2D eigenvalue weighted by Gasteiger charge is 2.34. The molecule has 5 atom stereocenters. The van der Waals surface area contributed by atoms with E-state index in [9.17, 15) is 71.3 Å². The molecule has 0 aliphatic heterocycles. The molecule has 3 aromatic carbocycles. The molecule has 7 N–H and O–H groups in total. The number of hydrogen-bond acceptors (Lipinski definition) is 11. The van der Waals surface area contributed by atoms with Gasteiger partial charge < -0.3 is 30.9 Å². The predicted octanol–water partition coefficient (Wildman–Crippen LogP) is 3.87. The number of hydrogen-bond donors (Lipinski definition) is 7. The third-order valence-electron chi connectivity index (χ3n) is 11.1. The van der Waals surface area contributed by atoms with E-state index in [-0.39, 0.29) is 30.6 Å². The molecular formula is C47H53FN4O14S. The summed E-state index contributed by atoms with van der Waals surface area (Å²) in [6, 6.07) is 14.7. The van der Waals surface area contributed by atoms with Crippen molar-refractivity contribution in [3.8, 4) is 0 Å². The van der Waals surface area contributed by atoms with Gasteiger partial charge in [-0.05, 0) is 74.6 Å². The number of sulfonamides is 1. The maximum Gasteiger partial charge on any atom is 0.305 e. The Morgan fingerprint density at radius 3 is 1.94 bits per heavy atom. The topological polar surface area (TPSA) is 300 Å². The zero-order chi connectivity index (χ0) is 49.4. The van der Waals surface area contributed by atoms with Crippen LogP contribution in [0.1, 0.15) is 75.0 Å². The molecule has 0 radical (unpaired) electrons. The number of aromatic amines is 1. The quantitative estimate of drug-likeness (QED) is 0.0407. The molecular weight excluding hydrogens is 896 g/mol. The van der Waals surface area contributed by atoms with Crippen molar-refractivity contribution in [2.24, 2.45) is 17.8 Å². The summed E-state index contributed by atoms with van der Waals surface area (Å²) in [5.41, 5.74) is 2.36. The van der Waals surface area contributed by atoms with Crippen LogP contribution in [0.4, 0.5) is 4.39 Å². The number of amides is 2. The molecule has 0 spiro atoms. The summed E-state index contributed by atoms with van der Waals surface area (Å²) in [5, 5.41) is 33.9. The standard InChI is InChI=1S/C47H53FN4O14S/c1-27-10-14-36(15-11-27)67(65,66)52-40(24-45(61)62)42(56)23-31(13-17-44(59)60)46(63)50-26-35(54)20-32(18-29-6-5-7-34(48)19-29)47(64)51-39(21-33-25-49-38-9-4-3-8-37(33)38)41(55)22-30(28(2)53)12-16-43(57)58/h3-11,14-15,19,25,30-32,39-40,49,52H,12-13,16-18,20-24,26H2,1-2H3,(H,50,63)(H,51,64)(H,57,58)(H,59,60)(H,61,62)/t30-,31-,32-,39+,40-/m1/s1. The Kier molecular flexibility index (Phi) is 19.3. The first-order valence-corrected chi connectivity index (χ1v) is 22.8. The molecule has 1 heterocycles. The highest BCUT2D eigenvalue weighted by molar-refractivity contribution is 7.89. The molecule has 1 aromatic heterocycles. The first-order valence-electron chi connectivity index (χ1n) is 21.3. The largest absolute Gasteiger partial charge is 0.481 e. The van der Waals surface area contributed by atoms with E-state index in [2.05, 4.69) is 20.3 Å². The maximum absolute atomic E-state index is 14.4. The lowest BCUT2D eigenvalue weighted by Crippen LogP contribution is -2.47. The summed E-state index contributed by atoms with van der Waals surface area (Å²) >= 11 is 0. The number of H-pyrrole nitrogens is 1. The van der Waals surface area contributed by atoms with Crippen molar-refractivity contribution in [2.45, 2.75) is 95.0 Å². The van der Waals surface area contributed by atoms with Gasteiger partial charge in [0.25, 0.3) is 0 Å². The summed E-state index contributed by atoms with van der Waals surface area (Å²) < 4.78 is 42.6. The minimum atomic E-state index is -4.44. The molecule has 0 bridgehead atoms. The number of carbonyl (C=O) groups excluding carboxylic acids is 6. The molecule has 18 nitrogen and oxygen atoms in total. The van der Waals surface area contributed by atoms with Crippen molar-refractivity contribution in [3.63, 3.8) is 0 Å². The molecule has 0 unspecified atom stereocenters. The Hall–Kier alpha value is -6.93. The predicted molar refractivity (Wildman–Crippen MR) is 238 cm³/mol. The molecule has 4 aromatic rings. The van der Waals surface area contributed by atoms with E-state index >= 15 is 0 Å². The van der Waals surface area contributed by atoms with Gasteiger partial charge in [0.05, 0.1) is 29.9 Å². The lowest BCUT2D eigenvalue weighted by molar-refractivity contribution is -0.140. The van der Waals surface area contributed by atoms with Gasteiger partial charge in [-0.25, -0.2) is 17.5 Å². The molecule has 0 aliphatic rings. The number of ketones is 4. The van der Waals surface area contributed by atoms with Crippen molar-refractivity contribution in [1.29, 1.82) is 0 Å². The summed E-state index contributed by atoms with van der Waals surface area (Å²) in [6.45, 7) is 2.17. The number of aliphatic carboxylic acids is 3. The van der Waals surface area contributed by atoms with Crippen LogP contribution in [0, 0.1) is 30.5 Å². The SMILES string of the molecule is CC(=O)[C@H](CCC(=O)O)CC(=O)[C@H](Cc1c[nH]c2ccccc12)NC(=O)[C@@H](CC(=O)CNC(=O)[C@H](CCC(=O)O)CC(=O)[C@@H](CC(=O)O)NS(=O)(=O)c1ccc(C)cc1)Cc1cccc(F)c1. The van der Waals surface area contributed by atoms with Crippen LogP contribution in [0.2, 0.25) is 0 Å². The van der Waals surface area contributed by atoms with Crippen LogP contribution < -0.4 is 15.4 Å². The average molecular weight is 949 g/mol. The van der Waals surface area contributed by atoms with Gasteiger partial charge in [0, 0.05) is 73.4 Å². The molecule has 0 saturated carbocycles. The normalized spacial score (nSPS) is 13.7. The van der Waals surface area contributed by atoms with Crippen molar-refractivity contribution in [2.75, 3.05) is 6.54 Å². The van der Waals surface area contributed by atoms with E-state index in [1.165, 1.54) is 49.4 Å². The van der Waals surface area contributed by atoms with Crippen LogP contribution in [-0.2, 0) is 66.0 Å². The average Bonchev–Trinajstić information content (AvgIpc) is 3.66. The molecule has 0 aliphatic carbocycles. The Morgan fingerprint density at radius 2 is 1.31 bits per heavy atom. The summed E-state index contributed by atoms with van der Waals surface area (Å²) in [6.07, 6.45) is -3.12. The molecule has 4 rings (SSSR count). The fourth-order valence-electron chi connectivity index (χ4n) is 7.45. The number of carboxylic acids is 3. The van der Waals surface area contributed by atoms with Gasteiger partial charge in [-0.3, -0.25) is 43.2 Å². The highest BCUT2D eigenvalue weighted by atomic mass is 32.2. The lowest BCUT2D eigenvalue weighted by Gasteiger charge is -2.24. The number of rotatable bonds is 29. The zero-order valence-electron chi connectivity index (χ0n) is 36.8.